The summed E-state index contributed by atoms with van der Waals surface area (Å²) in [5.74, 6) is 0. The monoisotopic (exact) mass is 320 g/mol. The Morgan fingerprint density at radius 2 is 0.733 bits per heavy atom. The molecule has 0 spiro atoms. The normalized spacial score (nSPS) is 7.87. The summed E-state index contributed by atoms with van der Waals surface area (Å²) in [5, 5.41) is 0. The van der Waals surface area contributed by atoms with Gasteiger partial charge in [0.1, 0.15) is 0 Å². The molecule has 0 aromatic carbocycles. The molecule has 0 aromatic heterocycles. The molecule has 0 fully saturated rings. The Kier molecular flexibility index (Phi) is 59.3. The maximum atomic E-state index is 8.77. The summed E-state index contributed by atoms with van der Waals surface area (Å²) >= 11 is 0. The fourth-order valence-corrected chi connectivity index (χ4v) is 0. The van der Waals surface area contributed by atoms with Crippen molar-refractivity contribution in [2.45, 2.75) is 0 Å². The Labute approximate surface area is 181 Å². The van der Waals surface area contributed by atoms with Crippen molar-refractivity contribution in [2.24, 2.45) is 0 Å². The standard InChI is InChI=1S/ClH.4Na.2H3O4P/c;;;;;2*1-5(2,3)4/h1H;;;;;2*(H3,1,2,3,4)/q;4*+1;;/p-4. The quantitative estimate of drug-likeness (QED) is 0.292. The van der Waals surface area contributed by atoms with Crippen LogP contribution in [-0.2, 0) is 9.13 Å². The first kappa shape index (κ1) is 42.7. The fraction of sp³-hybridized carbons (Fsp3) is 0. The number of rotatable bonds is 0. The van der Waals surface area contributed by atoms with Crippen molar-refractivity contribution in [1.29, 1.82) is 0 Å². The zero-order chi connectivity index (χ0) is 9.00. The predicted molar refractivity (Wildman–Crippen MR) is 21.9 cm³/mol. The van der Waals surface area contributed by atoms with Crippen molar-refractivity contribution in [3.05, 3.63) is 0 Å². The molecule has 15 heavy (non-hydrogen) atoms. The molecule has 0 aliphatic carbocycles. The Hall–Kier alpha value is 4.51. The number of hydrogen-bond donors (Lipinski definition) is 3. The summed E-state index contributed by atoms with van der Waals surface area (Å²) in [6.07, 6.45) is 0. The molecule has 3 N–H and O–H groups in total. The first-order valence-corrected chi connectivity index (χ1v) is 4.54. The van der Waals surface area contributed by atoms with Crippen LogP contribution in [0.2, 0.25) is 0 Å². The fourth-order valence-electron chi connectivity index (χ4n) is 0. The number of hydrogen-bond acceptors (Lipinski definition) is 5. The first-order chi connectivity index (χ1) is 4.00. The molecule has 0 heterocycles. The van der Waals surface area contributed by atoms with Gasteiger partial charge >= 0.3 is 118 Å². The van der Waals surface area contributed by atoms with E-state index >= 15 is 0 Å². The summed E-state index contributed by atoms with van der Waals surface area (Å²) in [6.45, 7) is 0. The minimum absolute atomic E-state index is 0. The molecule has 8 nitrogen and oxygen atoms in total. The minimum Gasteiger partial charge on any atom is -1.00 e. The molecule has 0 aromatic rings. The molecule has 0 unspecified atom stereocenters. The average Bonchev–Trinajstić information content (AvgIpc) is 1.12. The van der Waals surface area contributed by atoms with Gasteiger partial charge in [0.05, 0.1) is 7.82 Å². The van der Waals surface area contributed by atoms with E-state index in [1.165, 1.54) is 0 Å². The molecule has 0 saturated carbocycles. The van der Waals surface area contributed by atoms with Crippen LogP contribution in [-0.4, -0.2) is 14.7 Å². The van der Waals surface area contributed by atoms with Crippen LogP contribution in [0.5, 0.6) is 0 Å². The smallest absolute Gasteiger partial charge is 1.00 e. The zero-order valence-corrected chi connectivity index (χ0v) is 19.2. The molecule has 0 radical (unpaired) electrons. The van der Waals surface area contributed by atoms with Gasteiger partial charge in [-0.25, -0.2) is 0 Å². The van der Waals surface area contributed by atoms with Gasteiger partial charge in [-0.15, -0.1) is 0 Å². The van der Waals surface area contributed by atoms with E-state index in [2.05, 4.69) is 0 Å². The molecule has 0 amide bonds. The van der Waals surface area contributed by atoms with E-state index < -0.39 is 15.6 Å². The van der Waals surface area contributed by atoms with E-state index in [9.17, 15) is 0 Å². The van der Waals surface area contributed by atoms with Gasteiger partial charge in [-0.1, -0.05) is 0 Å². The maximum absolute atomic E-state index is 8.77. The third kappa shape index (κ3) is 248. The second-order valence-electron chi connectivity index (χ2n) is 0.959. The Balaban J connectivity index is -0.0000000128. The van der Waals surface area contributed by atoms with E-state index in [-0.39, 0.29) is 131 Å². The van der Waals surface area contributed by atoms with Crippen molar-refractivity contribution in [2.75, 3.05) is 0 Å². The van der Waals surface area contributed by atoms with Crippen LogP contribution in [0.1, 0.15) is 0 Å². The van der Waals surface area contributed by atoms with Crippen molar-refractivity contribution < 1.29 is 169 Å². The molecular formula is H3ClNa4O8P2. The Morgan fingerprint density at radius 3 is 0.733 bits per heavy atom. The molecule has 0 bridgehead atoms. The Bertz CT molecular complexity index is 137. The van der Waals surface area contributed by atoms with E-state index in [1.807, 2.05) is 0 Å². The molecule has 0 rings (SSSR count). The number of phosphoric acid groups is 2. The SMILES string of the molecule is O=P([O-])(O)O.O=P([O-])([O-])O.[Cl-].[Na+].[Na+].[Na+].[Na+]. The average molecular weight is 320 g/mol. The summed E-state index contributed by atoms with van der Waals surface area (Å²) in [6, 6.07) is 0. The molecular weight excluding hydrogens is 317 g/mol. The number of halogens is 1. The summed E-state index contributed by atoms with van der Waals surface area (Å²) in [5.41, 5.74) is 0. The summed E-state index contributed by atoms with van der Waals surface area (Å²) in [4.78, 5) is 47.2. The van der Waals surface area contributed by atoms with Crippen molar-refractivity contribution >= 4 is 15.6 Å². The van der Waals surface area contributed by atoms with Crippen molar-refractivity contribution in [3.8, 4) is 0 Å². The minimum atomic E-state index is -5.14. The predicted octanol–water partition coefficient (Wildman–Crippen LogP) is -18.7. The van der Waals surface area contributed by atoms with Gasteiger partial charge < -0.3 is 46.3 Å². The van der Waals surface area contributed by atoms with Crippen molar-refractivity contribution in [3.63, 3.8) is 0 Å². The third-order valence-corrected chi connectivity index (χ3v) is 0. The second kappa shape index (κ2) is 20.8. The molecule has 0 aliphatic heterocycles. The molecule has 0 atom stereocenters. The van der Waals surface area contributed by atoms with Crippen LogP contribution in [0.4, 0.5) is 0 Å². The van der Waals surface area contributed by atoms with E-state index in [0.717, 1.165) is 0 Å². The van der Waals surface area contributed by atoms with Gasteiger partial charge in [0.25, 0.3) is 7.82 Å². The van der Waals surface area contributed by atoms with E-state index in [4.69, 9.17) is 38.5 Å². The van der Waals surface area contributed by atoms with Crippen LogP contribution in [0.15, 0.2) is 0 Å². The van der Waals surface area contributed by atoms with Crippen LogP contribution < -0.4 is 145 Å². The first-order valence-electron chi connectivity index (χ1n) is 1.51. The van der Waals surface area contributed by atoms with Gasteiger partial charge in [-0.3, -0.25) is 4.57 Å². The zero-order valence-electron chi connectivity index (χ0n) is 8.66. The van der Waals surface area contributed by atoms with Crippen LogP contribution in [0.3, 0.4) is 0 Å². The van der Waals surface area contributed by atoms with Gasteiger partial charge in [0, 0.05) is 0 Å². The van der Waals surface area contributed by atoms with Crippen LogP contribution in [0.25, 0.3) is 0 Å². The van der Waals surface area contributed by atoms with Crippen molar-refractivity contribution in [1.82, 2.24) is 0 Å². The summed E-state index contributed by atoms with van der Waals surface area (Å²) < 4.78 is 17.4. The van der Waals surface area contributed by atoms with Gasteiger partial charge in [0.2, 0.25) is 0 Å². The van der Waals surface area contributed by atoms with Crippen LogP contribution >= 0.6 is 15.6 Å². The molecule has 0 saturated heterocycles. The Morgan fingerprint density at radius 1 is 0.733 bits per heavy atom. The largest absolute Gasteiger partial charge is 1.00 e. The van der Waals surface area contributed by atoms with Gasteiger partial charge in [-0.05, 0) is 0 Å². The van der Waals surface area contributed by atoms with Crippen LogP contribution in [0, 0.1) is 0 Å². The van der Waals surface area contributed by atoms with Gasteiger partial charge in [0.15, 0.2) is 0 Å². The maximum Gasteiger partial charge on any atom is 1.00 e. The third-order valence-electron chi connectivity index (χ3n) is 0. The van der Waals surface area contributed by atoms with E-state index in [0.29, 0.717) is 0 Å². The van der Waals surface area contributed by atoms with E-state index in [1.54, 1.807) is 0 Å². The molecule has 72 valence electrons. The topological polar surface area (TPSA) is 164 Å². The molecule has 15 heteroatoms. The second-order valence-corrected chi connectivity index (χ2v) is 2.88. The van der Waals surface area contributed by atoms with Gasteiger partial charge in [-0.2, -0.15) is 0 Å². The summed E-state index contributed by atoms with van der Waals surface area (Å²) in [7, 11) is -10.0. The molecule has 0 aliphatic rings.